The Bertz CT molecular complexity index is 534. The number of amides is 1. The quantitative estimate of drug-likeness (QED) is 0.831. The summed E-state index contributed by atoms with van der Waals surface area (Å²) >= 11 is 12.1. The van der Waals surface area contributed by atoms with E-state index >= 15 is 0 Å². The Morgan fingerprint density at radius 2 is 1.86 bits per heavy atom. The second-order valence-corrected chi connectivity index (χ2v) is 6.78. The summed E-state index contributed by atoms with van der Waals surface area (Å²) in [7, 11) is 7.65. The van der Waals surface area contributed by atoms with Crippen LogP contribution in [0.25, 0.3) is 0 Å². The molecule has 2 atom stereocenters. The van der Waals surface area contributed by atoms with Crippen LogP contribution in [-0.4, -0.2) is 50.4 Å². The Kier molecular flexibility index (Phi) is 5.96. The highest BCUT2D eigenvalue weighted by atomic mass is 35.5. The van der Waals surface area contributed by atoms with Crippen molar-refractivity contribution in [3.63, 3.8) is 0 Å². The molecule has 1 saturated carbocycles. The van der Waals surface area contributed by atoms with Gasteiger partial charge in [0, 0.05) is 20.6 Å². The van der Waals surface area contributed by atoms with E-state index in [4.69, 9.17) is 23.2 Å². The summed E-state index contributed by atoms with van der Waals surface area (Å²) in [5, 5.41) is 1.03. The molecule has 0 heterocycles. The topological polar surface area (TPSA) is 23.6 Å². The van der Waals surface area contributed by atoms with E-state index in [-0.39, 0.29) is 18.3 Å². The van der Waals surface area contributed by atoms with E-state index in [0.29, 0.717) is 16.0 Å². The normalized spacial score (nSPS) is 23.7. The first-order valence-corrected chi connectivity index (χ1v) is 7.36. The van der Waals surface area contributed by atoms with Gasteiger partial charge < -0.3 is 9.80 Å². The van der Waals surface area contributed by atoms with Gasteiger partial charge in [0.1, 0.15) is 0 Å². The van der Waals surface area contributed by atoms with Gasteiger partial charge in [0.15, 0.2) is 0 Å². The Hall–Kier alpha value is -0.480. The first-order valence-electron chi connectivity index (χ1n) is 6.61. The monoisotopic (exact) mass is 350 g/mol. The standard InChI is InChI=1S/C15H20Cl2N2O.ClH/c1-18(2)9-11-8-15(11,14(20)19(3)4)10-5-6-12(16)13(17)7-10;/h5-7,11H,8-9H2,1-4H3;1H/t11-,15+;/m1./s1. The summed E-state index contributed by atoms with van der Waals surface area (Å²) in [5.41, 5.74) is 0.527. The molecule has 1 aromatic carbocycles. The predicted octanol–water partition coefficient (Wildman–Crippen LogP) is 3.32. The van der Waals surface area contributed by atoms with Gasteiger partial charge in [-0.1, -0.05) is 29.3 Å². The van der Waals surface area contributed by atoms with Crippen LogP contribution in [0.15, 0.2) is 18.2 Å². The fourth-order valence-corrected chi connectivity index (χ4v) is 3.20. The molecular weight excluding hydrogens is 331 g/mol. The maximum absolute atomic E-state index is 12.6. The second-order valence-electron chi connectivity index (χ2n) is 5.96. The largest absolute Gasteiger partial charge is 0.348 e. The molecule has 0 aromatic heterocycles. The minimum atomic E-state index is -0.442. The summed E-state index contributed by atoms with van der Waals surface area (Å²) in [6.07, 6.45) is 0.861. The van der Waals surface area contributed by atoms with Crippen LogP contribution >= 0.6 is 35.6 Å². The van der Waals surface area contributed by atoms with Crippen LogP contribution in [0.3, 0.4) is 0 Å². The molecule has 0 bridgehead atoms. The van der Waals surface area contributed by atoms with Crippen molar-refractivity contribution in [3.8, 4) is 0 Å². The van der Waals surface area contributed by atoms with Crippen molar-refractivity contribution in [2.45, 2.75) is 11.8 Å². The predicted molar refractivity (Wildman–Crippen MR) is 90.7 cm³/mol. The third kappa shape index (κ3) is 3.48. The summed E-state index contributed by atoms with van der Waals surface area (Å²) < 4.78 is 0. The summed E-state index contributed by atoms with van der Waals surface area (Å²) in [4.78, 5) is 16.4. The lowest BCUT2D eigenvalue weighted by Gasteiger charge is -2.23. The molecule has 0 unspecified atom stereocenters. The van der Waals surface area contributed by atoms with Crippen LogP contribution in [0.2, 0.25) is 10.0 Å². The van der Waals surface area contributed by atoms with Gasteiger partial charge in [0.05, 0.1) is 15.5 Å². The zero-order valence-corrected chi connectivity index (χ0v) is 15.0. The number of likely N-dealkylation sites (N-methyl/N-ethyl adjacent to an activating group) is 1. The zero-order chi connectivity index (χ0) is 15.1. The zero-order valence-electron chi connectivity index (χ0n) is 12.7. The molecule has 6 heteroatoms. The maximum Gasteiger partial charge on any atom is 0.233 e. The van der Waals surface area contributed by atoms with Crippen molar-refractivity contribution in [2.75, 3.05) is 34.7 Å². The molecule has 1 amide bonds. The van der Waals surface area contributed by atoms with Crippen molar-refractivity contribution in [1.82, 2.24) is 9.80 Å². The number of rotatable bonds is 4. The first-order chi connectivity index (χ1) is 9.29. The van der Waals surface area contributed by atoms with Crippen LogP contribution in [0.4, 0.5) is 0 Å². The van der Waals surface area contributed by atoms with Crippen LogP contribution < -0.4 is 0 Å². The average molecular weight is 352 g/mol. The summed E-state index contributed by atoms with van der Waals surface area (Å²) in [5.74, 6) is 0.465. The van der Waals surface area contributed by atoms with Crippen molar-refractivity contribution >= 4 is 41.5 Å². The van der Waals surface area contributed by atoms with Gasteiger partial charge in [-0.2, -0.15) is 0 Å². The Labute approximate surface area is 142 Å². The summed E-state index contributed by atoms with van der Waals surface area (Å²) in [6.45, 7) is 0.889. The first kappa shape index (κ1) is 18.6. The van der Waals surface area contributed by atoms with Gasteiger partial charge in [-0.05, 0) is 44.1 Å². The minimum Gasteiger partial charge on any atom is -0.348 e. The minimum absolute atomic E-state index is 0. The third-order valence-corrected chi connectivity index (χ3v) is 4.65. The number of benzene rings is 1. The van der Waals surface area contributed by atoms with E-state index in [1.165, 1.54) is 0 Å². The molecule has 1 fully saturated rings. The van der Waals surface area contributed by atoms with E-state index in [1.54, 1.807) is 25.1 Å². The number of hydrogen-bond donors (Lipinski definition) is 0. The van der Waals surface area contributed by atoms with Gasteiger partial charge in [-0.15, -0.1) is 12.4 Å². The smallest absolute Gasteiger partial charge is 0.233 e. The summed E-state index contributed by atoms with van der Waals surface area (Å²) in [6, 6.07) is 5.53. The lowest BCUT2D eigenvalue weighted by Crippen LogP contribution is -2.36. The molecule has 1 aliphatic carbocycles. The van der Waals surface area contributed by atoms with E-state index in [9.17, 15) is 4.79 Å². The van der Waals surface area contributed by atoms with Gasteiger partial charge in [0.2, 0.25) is 5.91 Å². The van der Waals surface area contributed by atoms with Crippen molar-refractivity contribution < 1.29 is 4.79 Å². The number of hydrogen-bond acceptors (Lipinski definition) is 2. The van der Waals surface area contributed by atoms with E-state index in [2.05, 4.69) is 4.90 Å². The maximum atomic E-state index is 12.6. The van der Waals surface area contributed by atoms with E-state index in [0.717, 1.165) is 18.5 Å². The highest BCUT2D eigenvalue weighted by Gasteiger charge is 2.61. The third-order valence-electron chi connectivity index (χ3n) is 3.91. The number of carbonyl (C=O) groups excluding carboxylic acids is 1. The molecular formula is C15H21Cl3N2O. The van der Waals surface area contributed by atoms with Crippen LogP contribution in [0.5, 0.6) is 0 Å². The Morgan fingerprint density at radius 3 is 2.33 bits per heavy atom. The number of halogens is 3. The lowest BCUT2D eigenvalue weighted by atomic mass is 9.91. The Morgan fingerprint density at radius 1 is 1.24 bits per heavy atom. The van der Waals surface area contributed by atoms with E-state index in [1.807, 2.05) is 26.2 Å². The fourth-order valence-electron chi connectivity index (χ4n) is 2.90. The van der Waals surface area contributed by atoms with Crippen molar-refractivity contribution in [2.24, 2.45) is 5.92 Å². The number of nitrogens with zero attached hydrogens (tertiary/aromatic N) is 2. The molecule has 0 radical (unpaired) electrons. The highest BCUT2D eigenvalue weighted by molar-refractivity contribution is 6.42. The molecule has 2 rings (SSSR count). The van der Waals surface area contributed by atoms with E-state index < -0.39 is 5.41 Å². The van der Waals surface area contributed by atoms with Crippen molar-refractivity contribution in [3.05, 3.63) is 33.8 Å². The molecule has 118 valence electrons. The molecule has 1 aromatic rings. The van der Waals surface area contributed by atoms with Crippen LogP contribution in [-0.2, 0) is 10.2 Å². The molecule has 0 saturated heterocycles. The molecule has 1 aliphatic rings. The molecule has 3 nitrogen and oxygen atoms in total. The van der Waals surface area contributed by atoms with Crippen LogP contribution in [0.1, 0.15) is 12.0 Å². The van der Waals surface area contributed by atoms with Gasteiger partial charge in [0.25, 0.3) is 0 Å². The second kappa shape index (κ2) is 6.74. The molecule has 0 aliphatic heterocycles. The number of carbonyl (C=O) groups is 1. The molecule has 21 heavy (non-hydrogen) atoms. The van der Waals surface area contributed by atoms with Gasteiger partial charge in [-0.25, -0.2) is 0 Å². The molecule has 0 N–H and O–H groups in total. The fraction of sp³-hybridized carbons (Fsp3) is 0.533. The SMILES string of the molecule is CN(C)C[C@H]1C[C@]1(C(=O)N(C)C)c1ccc(Cl)c(Cl)c1.Cl. The highest BCUT2D eigenvalue weighted by Crippen LogP contribution is 2.56. The lowest BCUT2D eigenvalue weighted by molar-refractivity contribution is -0.131. The Balaban J connectivity index is 0.00000220. The van der Waals surface area contributed by atoms with Gasteiger partial charge in [-0.3, -0.25) is 4.79 Å². The van der Waals surface area contributed by atoms with Gasteiger partial charge >= 0.3 is 0 Å². The van der Waals surface area contributed by atoms with Crippen molar-refractivity contribution in [1.29, 1.82) is 0 Å². The molecule has 0 spiro atoms. The average Bonchev–Trinajstić information content (AvgIpc) is 3.05. The van der Waals surface area contributed by atoms with Crippen LogP contribution in [0, 0.1) is 5.92 Å².